The van der Waals surface area contributed by atoms with Crippen LogP contribution >= 0.6 is 0 Å². The topological polar surface area (TPSA) is 29.5 Å². The van der Waals surface area contributed by atoms with Crippen LogP contribution in [0, 0.1) is 0 Å². The van der Waals surface area contributed by atoms with E-state index in [1.165, 1.54) is 5.56 Å². The highest BCUT2D eigenvalue weighted by Crippen LogP contribution is 2.35. The van der Waals surface area contributed by atoms with E-state index >= 15 is 0 Å². The van der Waals surface area contributed by atoms with Crippen molar-refractivity contribution in [3.63, 3.8) is 0 Å². The van der Waals surface area contributed by atoms with E-state index in [0.29, 0.717) is 6.04 Å². The van der Waals surface area contributed by atoms with E-state index in [1.54, 1.807) is 14.0 Å². The van der Waals surface area contributed by atoms with Gasteiger partial charge in [0.05, 0.1) is 14.0 Å². The first-order valence-corrected chi connectivity index (χ1v) is 9.93. The maximum atomic E-state index is 12.7. The summed E-state index contributed by atoms with van der Waals surface area (Å²) in [6, 6.07) is 21.2. The molecule has 2 aromatic rings. The Balaban J connectivity index is 1.79. The Hall–Kier alpha value is -2.01. The Morgan fingerprint density at radius 2 is 1.63 bits per heavy atom. The molecule has 4 heteroatoms. The lowest BCUT2D eigenvalue weighted by Gasteiger charge is -2.43. The van der Waals surface area contributed by atoms with Gasteiger partial charge in [0.25, 0.3) is 0 Å². The van der Waals surface area contributed by atoms with Crippen LogP contribution in [0.2, 0.25) is 0 Å². The van der Waals surface area contributed by atoms with E-state index in [-0.39, 0.29) is 16.6 Å². The fraction of sp³-hybridized carbons (Fsp3) is 0.435. The summed E-state index contributed by atoms with van der Waals surface area (Å²) >= 11 is 0. The molecule has 4 nitrogen and oxygen atoms in total. The average Bonchev–Trinajstić information content (AvgIpc) is 2.72. The molecule has 2 aromatic carbocycles. The quantitative estimate of drug-likeness (QED) is 0.547. The summed E-state index contributed by atoms with van der Waals surface area (Å²) in [7, 11) is 1.65. The second kappa shape index (κ2) is 8.79. The van der Waals surface area contributed by atoms with Gasteiger partial charge in [-0.05, 0) is 12.0 Å². The van der Waals surface area contributed by atoms with Gasteiger partial charge in [-0.1, -0.05) is 60.1 Å². The lowest BCUT2D eigenvalue weighted by molar-refractivity contribution is -0.185. The first kappa shape index (κ1) is 19.7. The molecule has 1 fully saturated rings. The Morgan fingerprint density at radius 3 is 2.11 bits per heavy atom. The number of quaternary nitrogens is 1. The molecule has 1 heterocycles. The number of nitrogens with zero attached hydrogens (tertiary/aromatic N) is 2. The van der Waals surface area contributed by atoms with Crippen molar-refractivity contribution in [2.24, 2.45) is 0 Å². The maximum absolute atomic E-state index is 12.7. The molecule has 2 atom stereocenters. The first-order chi connectivity index (χ1) is 13.1. The fourth-order valence-corrected chi connectivity index (χ4v) is 4.62. The summed E-state index contributed by atoms with van der Waals surface area (Å²) < 4.78 is -0.0171. The molecule has 1 saturated heterocycles. The minimum absolute atomic E-state index is 0.0171. The molecule has 27 heavy (non-hydrogen) atoms. The van der Waals surface area contributed by atoms with Gasteiger partial charge < -0.3 is 0 Å². The van der Waals surface area contributed by atoms with Gasteiger partial charge in [0.1, 0.15) is 6.04 Å². The molecule has 0 N–H and O–H groups in total. The number of hydrogen-bond acceptors (Lipinski definition) is 3. The SMILES string of the molecule is CCC(c1ccccc1)N1CCC([N+](OC)(C(C)=O)c2ccccc2)CC1. The van der Waals surface area contributed by atoms with Crippen LogP contribution in [0.1, 0.15) is 44.7 Å². The highest BCUT2D eigenvalue weighted by molar-refractivity contribution is 5.85. The van der Waals surface area contributed by atoms with Crippen molar-refractivity contribution in [1.82, 2.24) is 9.55 Å². The number of benzene rings is 2. The van der Waals surface area contributed by atoms with Gasteiger partial charge in [-0.2, -0.15) is 4.84 Å². The van der Waals surface area contributed by atoms with Crippen molar-refractivity contribution in [2.45, 2.75) is 45.2 Å². The second-order valence-electron chi connectivity index (χ2n) is 7.30. The minimum Gasteiger partial charge on any atom is -0.296 e. The summed E-state index contributed by atoms with van der Waals surface area (Å²) in [5.41, 5.74) is 2.29. The summed E-state index contributed by atoms with van der Waals surface area (Å²) in [6.45, 7) is 5.84. The third kappa shape index (κ3) is 3.84. The summed E-state index contributed by atoms with van der Waals surface area (Å²) in [5.74, 6) is 0.0391. The summed E-state index contributed by atoms with van der Waals surface area (Å²) in [6.07, 6.45) is 2.96. The Labute approximate surface area is 162 Å². The van der Waals surface area contributed by atoms with Gasteiger partial charge in [0.15, 0.2) is 5.69 Å². The molecule has 2 unspecified atom stereocenters. The molecule has 0 aromatic heterocycles. The normalized spacial score (nSPS) is 19.4. The minimum atomic E-state index is -0.0171. The van der Waals surface area contributed by atoms with Gasteiger partial charge in [-0.3, -0.25) is 4.90 Å². The third-order valence-corrected chi connectivity index (χ3v) is 5.92. The van der Waals surface area contributed by atoms with Crippen molar-refractivity contribution < 1.29 is 9.63 Å². The summed E-state index contributed by atoms with van der Waals surface area (Å²) in [4.78, 5) is 21.2. The molecule has 144 valence electrons. The maximum Gasteiger partial charge on any atom is 0.348 e. The highest BCUT2D eigenvalue weighted by atomic mass is 16.7. The van der Waals surface area contributed by atoms with Crippen LogP contribution in [0.3, 0.4) is 0 Å². The number of para-hydroxylation sites is 1. The van der Waals surface area contributed by atoms with Crippen molar-refractivity contribution >= 4 is 11.6 Å². The van der Waals surface area contributed by atoms with Gasteiger partial charge in [0, 0.05) is 44.1 Å². The van der Waals surface area contributed by atoms with Gasteiger partial charge in [-0.25, -0.2) is 4.79 Å². The predicted octanol–water partition coefficient (Wildman–Crippen LogP) is 4.72. The molecule has 0 saturated carbocycles. The summed E-state index contributed by atoms with van der Waals surface area (Å²) in [5, 5.41) is 0. The van der Waals surface area contributed by atoms with Crippen LogP contribution in [0.4, 0.5) is 5.69 Å². The Kier molecular flexibility index (Phi) is 6.42. The zero-order chi connectivity index (χ0) is 19.3. The second-order valence-corrected chi connectivity index (χ2v) is 7.30. The monoisotopic (exact) mass is 367 g/mol. The van der Waals surface area contributed by atoms with Crippen LogP contribution < -0.4 is 4.65 Å². The molecule has 0 aliphatic carbocycles. The number of carbonyl (C=O) groups is 1. The number of piperidine rings is 1. The molecule has 1 amide bonds. The lowest BCUT2D eigenvalue weighted by atomic mass is 9.96. The van der Waals surface area contributed by atoms with E-state index in [0.717, 1.165) is 38.0 Å². The number of carbonyl (C=O) groups excluding carboxylic acids is 1. The van der Waals surface area contributed by atoms with Crippen molar-refractivity contribution in [3.05, 3.63) is 66.2 Å². The van der Waals surface area contributed by atoms with E-state index in [1.807, 2.05) is 30.3 Å². The van der Waals surface area contributed by atoms with Crippen molar-refractivity contribution in [3.8, 4) is 0 Å². The van der Waals surface area contributed by atoms with Crippen LogP contribution in [0.5, 0.6) is 0 Å². The average molecular weight is 368 g/mol. The van der Waals surface area contributed by atoms with E-state index in [9.17, 15) is 4.79 Å². The van der Waals surface area contributed by atoms with Crippen LogP contribution in [0.25, 0.3) is 0 Å². The number of rotatable bonds is 6. The smallest absolute Gasteiger partial charge is 0.296 e. The number of hydroxylamine groups is 2. The van der Waals surface area contributed by atoms with Crippen LogP contribution in [0.15, 0.2) is 60.7 Å². The molecular formula is C23H31N2O2+. The van der Waals surface area contributed by atoms with E-state index in [2.05, 4.69) is 42.2 Å². The zero-order valence-electron chi connectivity index (χ0n) is 16.7. The fourth-order valence-electron chi connectivity index (χ4n) is 4.62. The third-order valence-electron chi connectivity index (χ3n) is 5.92. The predicted molar refractivity (Wildman–Crippen MR) is 110 cm³/mol. The standard InChI is InChI=1S/C23H31N2O2/c1-4-23(20-11-7-5-8-12-20)24-17-15-22(16-18-24)25(27-3,19(2)26)21-13-9-6-10-14-21/h5-14,22-23H,4,15-18H2,1-3H3/q+1. The molecular weight excluding hydrogens is 336 g/mol. The van der Waals surface area contributed by atoms with Crippen molar-refractivity contribution in [1.29, 1.82) is 0 Å². The molecule has 0 radical (unpaired) electrons. The van der Waals surface area contributed by atoms with Gasteiger partial charge in [-0.15, -0.1) is 0 Å². The first-order valence-electron chi connectivity index (χ1n) is 9.93. The molecule has 0 spiro atoms. The number of hydrogen-bond donors (Lipinski definition) is 0. The molecule has 0 bridgehead atoms. The van der Waals surface area contributed by atoms with Crippen molar-refractivity contribution in [2.75, 3.05) is 20.2 Å². The lowest BCUT2D eigenvalue weighted by Crippen LogP contribution is -2.62. The van der Waals surface area contributed by atoms with Gasteiger partial charge >= 0.3 is 5.91 Å². The number of likely N-dealkylation sites (tertiary alicyclic amines) is 1. The Bertz CT molecular complexity index is 727. The van der Waals surface area contributed by atoms with Crippen LogP contribution in [-0.4, -0.2) is 37.0 Å². The highest BCUT2D eigenvalue weighted by Gasteiger charge is 2.47. The largest absolute Gasteiger partial charge is 0.348 e. The zero-order valence-corrected chi connectivity index (χ0v) is 16.7. The van der Waals surface area contributed by atoms with E-state index < -0.39 is 0 Å². The van der Waals surface area contributed by atoms with E-state index in [4.69, 9.17) is 4.84 Å². The van der Waals surface area contributed by atoms with Gasteiger partial charge in [0.2, 0.25) is 0 Å². The molecule has 3 rings (SSSR count). The molecule has 1 aliphatic heterocycles. The molecule has 1 aliphatic rings. The number of amides is 1. The van der Waals surface area contributed by atoms with Crippen LogP contribution in [-0.2, 0) is 9.63 Å². The Morgan fingerprint density at radius 1 is 1.07 bits per heavy atom.